The Labute approximate surface area is 100 Å². The minimum atomic E-state index is -0.320. The maximum Gasteiger partial charge on any atom is 0.219 e. The molecule has 0 aliphatic carbocycles. The van der Waals surface area contributed by atoms with Gasteiger partial charge < -0.3 is 16.4 Å². The first-order chi connectivity index (χ1) is 7.52. The van der Waals surface area contributed by atoms with Crippen LogP contribution in [0.2, 0.25) is 0 Å². The minimum absolute atomic E-state index is 0.308. The Balaban J connectivity index is 2.85. The lowest BCUT2D eigenvalue weighted by atomic mass is 10.1. The predicted molar refractivity (Wildman–Crippen MR) is 69.4 cm³/mol. The van der Waals surface area contributed by atoms with Crippen LogP contribution in [0.1, 0.15) is 12.0 Å². The molecule has 1 amide bonds. The van der Waals surface area contributed by atoms with Gasteiger partial charge in [-0.25, -0.2) is 0 Å². The number of rotatable bonds is 5. The van der Waals surface area contributed by atoms with E-state index in [0.717, 1.165) is 11.3 Å². The lowest BCUT2D eigenvalue weighted by Gasteiger charge is -2.21. The van der Waals surface area contributed by atoms with Crippen LogP contribution >= 0.6 is 12.2 Å². The number of hydrogen-bond donors (Lipinski definition) is 2. The summed E-state index contributed by atoms with van der Waals surface area (Å²) >= 11 is 4.96. The van der Waals surface area contributed by atoms with Crippen molar-refractivity contribution < 1.29 is 4.79 Å². The third-order valence-corrected chi connectivity index (χ3v) is 2.49. The van der Waals surface area contributed by atoms with E-state index in [0.29, 0.717) is 18.0 Å². The number of anilines is 1. The molecule has 1 aromatic carbocycles. The Kier molecular flexibility index (Phi) is 4.25. The summed E-state index contributed by atoms with van der Waals surface area (Å²) in [6, 6.07) is 7.55. The molecule has 0 aromatic heterocycles. The number of hydrogen-bond acceptors (Lipinski definition) is 3. The number of amides is 1. The zero-order valence-corrected chi connectivity index (χ0v) is 9.96. The summed E-state index contributed by atoms with van der Waals surface area (Å²) in [5.74, 6) is -0.320. The molecule has 1 rings (SSSR count). The fraction of sp³-hybridized carbons (Fsp3) is 0.273. The zero-order chi connectivity index (χ0) is 12.1. The fourth-order valence-electron chi connectivity index (χ4n) is 1.41. The number of thiocarbonyl (C=S) groups is 1. The van der Waals surface area contributed by atoms with Gasteiger partial charge >= 0.3 is 0 Å². The van der Waals surface area contributed by atoms with E-state index in [1.54, 1.807) is 0 Å². The Morgan fingerprint density at radius 1 is 1.38 bits per heavy atom. The van der Waals surface area contributed by atoms with Crippen LogP contribution in [0.4, 0.5) is 5.69 Å². The van der Waals surface area contributed by atoms with Crippen molar-refractivity contribution in [2.45, 2.75) is 6.42 Å². The van der Waals surface area contributed by atoms with Gasteiger partial charge in [0.15, 0.2) is 0 Å². The maximum absolute atomic E-state index is 10.7. The van der Waals surface area contributed by atoms with E-state index < -0.39 is 0 Å². The molecule has 0 saturated carbocycles. The monoisotopic (exact) mass is 237 g/mol. The van der Waals surface area contributed by atoms with Gasteiger partial charge in [-0.2, -0.15) is 0 Å². The average molecular weight is 237 g/mol. The van der Waals surface area contributed by atoms with Crippen LogP contribution in [-0.4, -0.2) is 24.5 Å². The molecule has 4 nitrogen and oxygen atoms in total. The van der Waals surface area contributed by atoms with Crippen LogP contribution < -0.4 is 16.4 Å². The van der Waals surface area contributed by atoms with Crippen LogP contribution in [0.15, 0.2) is 24.3 Å². The first-order valence-electron chi connectivity index (χ1n) is 4.90. The fourth-order valence-corrected chi connectivity index (χ4v) is 1.59. The van der Waals surface area contributed by atoms with E-state index in [-0.39, 0.29) is 5.91 Å². The van der Waals surface area contributed by atoms with Gasteiger partial charge in [0.1, 0.15) is 4.99 Å². The van der Waals surface area contributed by atoms with E-state index in [4.69, 9.17) is 23.7 Å². The normalized spacial score (nSPS) is 9.81. The molecule has 0 saturated heterocycles. The van der Waals surface area contributed by atoms with Gasteiger partial charge in [-0.3, -0.25) is 4.79 Å². The second-order valence-corrected chi connectivity index (χ2v) is 3.96. The van der Waals surface area contributed by atoms with Crippen LogP contribution in [-0.2, 0) is 4.79 Å². The molecule has 5 heteroatoms. The van der Waals surface area contributed by atoms with Gasteiger partial charge in [0.05, 0.1) is 0 Å². The zero-order valence-electron chi connectivity index (χ0n) is 9.14. The highest BCUT2D eigenvalue weighted by atomic mass is 32.1. The second kappa shape index (κ2) is 5.46. The van der Waals surface area contributed by atoms with Gasteiger partial charge in [0.25, 0.3) is 0 Å². The summed E-state index contributed by atoms with van der Waals surface area (Å²) in [7, 11) is 1.88. The van der Waals surface area contributed by atoms with Gasteiger partial charge in [0, 0.05) is 31.3 Å². The number of benzene rings is 1. The van der Waals surface area contributed by atoms with Gasteiger partial charge in [-0.1, -0.05) is 24.4 Å². The van der Waals surface area contributed by atoms with E-state index >= 15 is 0 Å². The van der Waals surface area contributed by atoms with Crippen molar-refractivity contribution in [1.29, 1.82) is 0 Å². The summed E-state index contributed by atoms with van der Waals surface area (Å²) < 4.78 is 0. The Morgan fingerprint density at radius 2 is 2.00 bits per heavy atom. The molecule has 0 atom stereocenters. The van der Waals surface area contributed by atoms with E-state index in [1.807, 2.05) is 36.2 Å². The minimum Gasteiger partial charge on any atom is -0.389 e. The van der Waals surface area contributed by atoms with Crippen LogP contribution in [0, 0.1) is 0 Å². The third-order valence-electron chi connectivity index (χ3n) is 2.27. The summed E-state index contributed by atoms with van der Waals surface area (Å²) in [5, 5.41) is 0. The number of nitrogens with two attached hydrogens (primary N) is 2. The molecule has 0 aliphatic heterocycles. The lowest BCUT2D eigenvalue weighted by molar-refractivity contribution is -0.117. The SMILES string of the molecule is CN(CCC(N)=O)c1ccccc1C(N)=S. The summed E-state index contributed by atoms with van der Waals surface area (Å²) in [5.41, 5.74) is 12.4. The van der Waals surface area contributed by atoms with E-state index in [1.165, 1.54) is 0 Å². The Morgan fingerprint density at radius 3 is 2.56 bits per heavy atom. The first kappa shape index (κ1) is 12.4. The molecule has 0 heterocycles. The van der Waals surface area contributed by atoms with Crippen molar-refractivity contribution in [1.82, 2.24) is 0 Å². The highest BCUT2D eigenvalue weighted by Crippen LogP contribution is 2.18. The smallest absolute Gasteiger partial charge is 0.219 e. The summed E-state index contributed by atoms with van der Waals surface area (Å²) in [4.78, 5) is 13.0. The first-order valence-corrected chi connectivity index (χ1v) is 5.31. The number of nitrogens with zero attached hydrogens (tertiary/aromatic N) is 1. The number of carbonyl (C=O) groups is 1. The highest BCUT2D eigenvalue weighted by Gasteiger charge is 2.09. The topological polar surface area (TPSA) is 72.3 Å². The number of carbonyl (C=O) groups excluding carboxylic acids is 1. The van der Waals surface area contributed by atoms with Crippen LogP contribution in [0.25, 0.3) is 0 Å². The van der Waals surface area contributed by atoms with E-state index in [9.17, 15) is 4.79 Å². The Hall–Kier alpha value is -1.62. The van der Waals surface area contributed by atoms with Crippen molar-refractivity contribution in [3.63, 3.8) is 0 Å². The maximum atomic E-state index is 10.7. The van der Waals surface area contributed by atoms with E-state index in [2.05, 4.69) is 0 Å². The quantitative estimate of drug-likeness (QED) is 0.737. The molecule has 0 radical (unpaired) electrons. The third kappa shape index (κ3) is 3.20. The summed E-state index contributed by atoms with van der Waals surface area (Å²) in [6.07, 6.45) is 0.308. The summed E-state index contributed by atoms with van der Waals surface area (Å²) in [6.45, 7) is 0.551. The number of para-hydroxylation sites is 1. The van der Waals surface area contributed by atoms with Crippen molar-refractivity contribution in [2.75, 3.05) is 18.5 Å². The molecule has 1 aromatic rings. The number of primary amides is 1. The molecule has 0 spiro atoms. The second-order valence-electron chi connectivity index (χ2n) is 3.52. The molecular formula is C11H15N3OS. The van der Waals surface area contributed by atoms with Gasteiger partial charge in [-0.05, 0) is 12.1 Å². The van der Waals surface area contributed by atoms with Gasteiger partial charge in [-0.15, -0.1) is 0 Å². The molecule has 86 valence electrons. The molecule has 0 bridgehead atoms. The molecule has 0 aliphatic rings. The molecule has 0 unspecified atom stereocenters. The lowest BCUT2D eigenvalue weighted by Crippen LogP contribution is -2.26. The highest BCUT2D eigenvalue weighted by molar-refractivity contribution is 7.80. The average Bonchev–Trinajstić information content (AvgIpc) is 2.25. The Bertz CT molecular complexity index is 406. The molecule has 4 N–H and O–H groups in total. The van der Waals surface area contributed by atoms with Crippen LogP contribution in [0.5, 0.6) is 0 Å². The molecular weight excluding hydrogens is 222 g/mol. The van der Waals surface area contributed by atoms with Gasteiger partial charge in [0.2, 0.25) is 5.91 Å². The van der Waals surface area contributed by atoms with Crippen molar-refractivity contribution in [2.24, 2.45) is 11.5 Å². The van der Waals surface area contributed by atoms with Crippen LogP contribution in [0.3, 0.4) is 0 Å². The van der Waals surface area contributed by atoms with Crippen molar-refractivity contribution >= 4 is 28.8 Å². The molecule has 0 fully saturated rings. The molecule has 16 heavy (non-hydrogen) atoms. The largest absolute Gasteiger partial charge is 0.389 e. The van der Waals surface area contributed by atoms with Crippen molar-refractivity contribution in [3.8, 4) is 0 Å². The predicted octanol–water partition coefficient (Wildman–Crippen LogP) is 0.632. The van der Waals surface area contributed by atoms with Crippen molar-refractivity contribution in [3.05, 3.63) is 29.8 Å². The standard InChI is InChI=1S/C11H15N3OS/c1-14(7-6-10(12)15)9-5-3-2-4-8(9)11(13)16/h2-5H,6-7H2,1H3,(H2,12,15)(H2,13,16).